The first kappa shape index (κ1) is 14.5. The second-order valence-electron chi connectivity index (χ2n) is 5.25. The minimum atomic E-state index is -0.809. The molecule has 1 aliphatic rings. The highest BCUT2D eigenvalue weighted by Gasteiger charge is 2.34. The number of nitrogens with two attached hydrogens (primary N) is 1. The summed E-state index contributed by atoms with van der Waals surface area (Å²) in [5.74, 6) is -2.09. The molecule has 1 fully saturated rings. The maximum Gasteiger partial charge on any atom is 0.306 e. The van der Waals surface area contributed by atoms with Crippen LogP contribution in [0.4, 0.5) is 4.39 Å². The van der Waals surface area contributed by atoms with Gasteiger partial charge in [0.15, 0.2) is 0 Å². The van der Waals surface area contributed by atoms with Crippen molar-refractivity contribution in [3.05, 3.63) is 35.1 Å². The molecule has 0 saturated carbocycles. The van der Waals surface area contributed by atoms with Crippen molar-refractivity contribution < 1.29 is 19.1 Å². The molecule has 5 nitrogen and oxygen atoms in total. The number of carboxylic acid groups (broad SMARTS) is 1. The number of benzene rings is 1. The summed E-state index contributed by atoms with van der Waals surface area (Å²) in [4.78, 5) is 23.9. The Morgan fingerprint density at radius 3 is 2.70 bits per heavy atom. The van der Waals surface area contributed by atoms with Gasteiger partial charge in [0, 0.05) is 30.8 Å². The predicted molar refractivity (Wildman–Crippen MR) is 70.5 cm³/mol. The summed E-state index contributed by atoms with van der Waals surface area (Å²) in [5.41, 5.74) is 5.85. The summed E-state index contributed by atoms with van der Waals surface area (Å²) in [6.07, 6.45) is 0. The van der Waals surface area contributed by atoms with Crippen LogP contribution in [0.15, 0.2) is 18.2 Å². The van der Waals surface area contributed by atoms with Crippen molar-refractivity contribution in [2.45, 2.75) is 13.5 Å². The Morgan fingerprint density at radius 2 is 2.15 bits per heavy atom. The van der Waals surface area contributed by atoms with Crippen molar-refractivity contribution in [1.82, 2.24) is 4.90 Å². The molecule has 0 aliphatic carbocycles. The molecular weight excluding hydrogens is 263 g/mol. The molecule has 1 unspecified atom stereocenters. The van der Waals surface area contributed by atoms with Crippen LogP contribution in [-0.4, -0.2) is 35.0 Å². The number of hydrogen-bond acceptors (Lipinski definition) is 3. The number of rotatable bonds is 5. The first-order chi connectivity index (χ1) is 9.38. The number of amides is 1. The number of carboxylic acids is 1. The lowest BCUT2D eigenvalue weighted by molar-refractivity contribution is -0.145. The van der Waals surface area contributed by atoms with E-state index in [1.165, 1.54) is 18.2 Å². The highest BCUT2D eigenvalue weighted by Crippen LogP contribution is 2.26. The fourth-order valence-corrected chi connectivity index (χ4v) is 2.35. The lowest BCUT2D eigenvalue weighted by Gasteiger charge is -2.41. The monoisotopic (exact) mass is 280 g/mol. The molecule has 1 aliphatic heterocycles. The summed E-state index contributed by atoms with van der Waals surface area (Å²) >= 11 is 0. The number of nitrogens with zero attached hydrogens (tertiary/aromatic N) is 1. The summed E-state index contributed by atoms with van der Waals surface area (Å²) in [5, 5.41) is 8.91. The van der Waals surface area contributed by atoms with Crippen molar-refractivity contribution in [2.75, 3.05) is 13.1 Å². The van der Waals surface area contributed by atoms with Crippen LogP contribution in [0.3, 0.4) is 0 Å². The van der Waals surface area contributed by atoms with E-state index in [2.05, 4.69) is 0 Å². The topological polar surface area (TPSA) is 83.6 Å². The van der Waals surface area contributed by atoms with Gasteiger partial charge in [0.2, 0.25) is 5.91 Å². The lowest BCUT2D eigenvalue weighted by atomic mass is 9.87. The molecule has 1 amide bonds. The average molecular weight is 280 g/mol. The van der Waals surface area contributed by atoms with E-state index in [9.17, 15) is 14.0 Å². The second kappa shape index (κ2) is 5.58. The van der Waals surface area contributed by atoms with Crippen molar-refractivity contribution in [2.24, 2.45) is 17.6 Å². The largest absolute Gasteiger partial charge is 0.481 e. The van der Waals surface area contributed by atoms with E-state index in [-0.39, 0.29) is 17.3 Å². The van der Waals surface area contributed by atoms with E-state index in [0.717, 1.165) is 0 Å². The molecule has 0 bridgehead atoms. The Labute approximate surface area is 116 Å². The maximum atomic E-state index is 13.7. The summed E-state index contributed by atoms with van der Waals surface area (Å²) in [6.45, 7) is 3.27. The third-order valence-corrected chi connectivity index (χ3v) is 3.81. The van der Waals surface area contributed by atoms with Crippen LogP contribution >= 0.6 is 0 Å². The Hall–Kier alpha value is -1.95. The van der Waals surface area contributed by atoms with Gasteiger partial charge in [0.05, 0.1) is 5.92 Å². The molecular formula is C14H17FN2O3. The number of hydrogen-bond donors (Lipinski definition) is 2. The fraction of sp³-hybridized carbons (Fsp3) is 0.429. The van der Waals surface area contributed by atoms with Gasteiger partial charge in [-0.25, -0.2) is 4.39 Å². The summed E-state index contributed by atoms with van der Waals surface area (Å²) < 4.78 is 13.7. The zero-order valence-electron chi connectivity index (χ0n) is 11.2. The lowest BCUT2D eigenvalue weighted by Crippen LogP contribution is -2.50. The van der Waals surface area contributed by atoms with Gasteiger partial charge >= 0.3 is 5.97 Å². The molecule has 20 heavy (non-hydrogen) atoms. The van der Waals surface area contributed by atoms with E-state index in [1.54, 1.807) is 6.92 Å². The molecule has 0 radical (unpaired) electrons. The minimum Gasteiger partial charge on any atom is -0.481 e. The fourth-order valence-electron chi connectivity index (χ4n) is 2.35. The number of primary amides is 1. The Balaban J connectivity index is 1.97. The molecule has 3 N–H and O–H groups in total. The Morgan fingerprint density at radius 1 is 1.50 bits per heavy atom. The van der Waals surface area contributed by atoms with Gasteiger partial charge in [-0.05, 0) is 24.1 Å². The average Bonchev–Trinajstić information content (AvgIpc) is 2.33. The molecule has 6 heteroatoms. The van der Waals surface area contributed by atoms with Crippen LogP contribution in [0.2, 0.25) is 0 Å². The zero-order chi connectivity index (χ0) is 14.9. The van der Waals surface area contributed by atoms with Crippen molar-refractivity contribution in [3.63, 3.8) is 0 Å². The van der Waals surface area contributed by atoms with E-state index in [4.69, 9.17) is 10.8 Å². The maximum absolute atomic E-state index is 13.7. The quantitative estimate of drug-likeness (QED) is 0.845. The number of aliphatic carboxylic acids is 1. The van der Waals surface area contributed by atoms with Crippen molar-refractivity contribution in [1.29, 1.82) is 0 Å². The molecule has 0 aromatic heterocycles. The normalized spacial score (nSPS) is 17.5. The molecule has 1 heterocycles. The zero-order valence-corrected chi connectivity index (χ0v) is 11.2. The Bertz CT molecular complexity index is 541. The molecule has 1 aromatic carbocycles. The van der Waals surface area contributed by atoms with Crippen LogP contribution in [-0.2, 0) is 11.3 Å². The first-order valence-electron chi connectivity index (χ1n) is 6.42. The predicted octanol–water partition coefficient (Wildman–Crippen LogP) is 1.08. The van der Waals surface area contributed by atoms with Gasteiger partial charge in [-0.15, -0.1) is 0 Å². The van der Waals surface area contributed by atoms with Crippen LogP contribution < -0.4 is 5.73 Å². The molecule has 0 spiro atoms. The number of halogens is 1. The van der Waals surface area contributed by atoms with Crippen LogP contribution in [0.25, 0.3) is 0 Å². The number of carbonyl (C=O) groups is 2. The molecule has 1 saturated heterocycles. The summed E-state index contributed by atoms with van der Waals surface area (Å²) in [6, 6.07) is 4.03. The smallest absolute Gasteiger partial charge is 0.306 e. The molecule has 1 atom stereocenters. The molecule has 108 valence electrons. The Kier molecular flexibility index (Phi) is 4.04. The van der Waals surface area contributed by atoms with Crippen molar-refractivity contribution >= 4 is 11.9 Å². The highest BCUT2D eigenvalue weighted by molar-refractivity contribution is 5.92. The van der Waals surface area contributed by atoms with E-state index < -0.39 is 17.8 Å². The van der Waals surface area contributed by atoms with E-state index >= 15 is 0 Å². The van der Waals surface area contributed by atoms with Crippen molar-refractivity contribution in [3.8, 4) is 0 Å². The van der Waals surface area contributed by atoms with Gasteiger partial charge < -0.3 is 10.8 Å². The SMILES string of the molecule is CC(C(=O)O)C1CN(Cc2cc(C(N)=O)ccc2F)C1. The first-order valence-corrected chi connectivity index (χ1v) is 6.42. The third kappa shape index (κ3) is 2.96. The third-order valence-electron chi connectivity index (χ3n) is 3.81. The molecule has 1 aromatic rings. The number of carbonyl (C=O) groups excluding carboxylic acids is 1. The van der Waals surface area contributed by atoms with Gasteiger partial charge in [-0.3, -0.25) is 14.5 Å². The van der Waals surface area contributed by atoms with Crippen LogP contribution in [0.5, 0.6) is 0 Å². The van der Waals surface area contributed by atoms with Crippen LogP contribution in [0.1, 0.15) is 22.8 Å². The standard InChI is InChI=1S/C14H17FN2O3/c1-8(14(19)20)11-6-17(7-11)5-10-4-9(13(16)18)2-3-12(10)15/h2-4,8,11H,5-7H2,1H3,(H2,16,18)(H,19,20). The van der Waals surface area contributed by atoms with Crippen LogP contribution in [0, 0.1) is 17.7 Å². The summed E-state index contributed by atoms with van der Waals surface area (Å²) in [7, 11) is 0. The van der Waals surface area contributed by atoms with Gasteiger partial charge in [-0.1, -0.05) is 6.92 Å². The molecule has 2 rings (SSSR count). The van der Waals surface area contributed by atoms with Gasteiger partial charge in [-0.2, -0.15) is 0 Å². The van der Waals surface area contributed by atoms with Gasteiger partial charge in [0.25, 0.3) is 0 Å². The highest BCUT2D eigenvalue weighted by atomic mass is 19.1. The van der Waals surface area contributed by atoms with E-state index in [1.807, 2.05) is 4.90 Å². The van der Waals surface area contributed by atoms with Gasteiger partial charge in [0.1, 0.15) is 5.82 Å². The second-order valence-corrected chi connectivity index (χ2v) is 5.25. The minimum absolute atomic E-state index is 0.0925. The van der Waals surface area contributed by atoms with E-state index in [0.29, 0.717) is 25.2 Å². The number of likely N-dealkylation sites (tertiary alicyclic amines) is 1.